The molecule has 1 aromatic rings. The van der Waals surface area contributed by atoms with Crippen LogP contribution >= 0.6 is 0 Å². The first-order valence-corrected chi connectivity index (χ1v) is 3.84. The molecule has 0 fully saturated rings. The van der Waals surface area contributed by atoms with Gasteiger partial charge in [-0.05, 0) is 0 Å². The molecule has 0 aliphatic rings. The molecule has 0 bridgehead atoms. The Labute approximate surface area is 82.2 Å². The molecule has 1 aromatic heterocycles. The summed E-state index contributed by atoms with van der Waals surface area (Å²) in [5.41, 5.74) is 0. The van der Waals surface area contributed by atoms with Gasteiger partial charge >= 0.3 is 12.3 Å². The highest BCUT2D eigenvalue weighted by atomic mass is 19.4. The van der Waals surface area contributed by atoms with Crippen LogP contribution < -0.4 is 5.32 Å². The number of carbonyl (C=O) groups excluding carboxylic acids is 1. The first kappa shape index (κ1) is 11.3. The van der Waals surface area contributed by atoms with Crippen molar-refractivity contribution in [3.05, 3.63) is 18.0 Å². The summed E-state index contributed by atoms with van der Waals surface area (Å²) in [5.74, 6) is 0.318. The molecule has 84 valence electrons. The van der Waals surface area contributed by atoms with Gasteiger partial charge in [0.2, 0.25) is 0 Å². The third-order valence-corrected chi connectivity index (χ3v) is 1.27. The molecule has 0 aliphatic carbocycles. The molecule has 0 atom stereocenters. The molecular formula is C7H7F3N2O3. The van der Waals surface area contributed by atoms with Crippen LogP contribution in [0.5, 0.6) is 0 Å². The van der Waals surface area contributed by atoms with E-state index in [1.165, 1.54) is 12.3 Å². The smallest absolute Gasteiger partial charge is 0.422 e. The third kappa shape index (κ3) is 4.89. The van der Waals surface area contributed by atoms with Gasteiger partial charge < -0.3 is 14.6 Å². The number of hydrogen-bond donors (Lipinski definition) is 1. The van der Waals surface area contributed by atoms with Gasteiger partial charge in [0.15, 0.2) is 12.4 Å². The molecule has 0 aromatic carbocycles. The lowest BCUT2D eigenvalue weighted by Crippen LogP contribution is -2.28. The fraction of sp³-hybridized carbons (Fsp3) is 0.429. The van der Waals surface area contributed by atoms with Crippen LogP contribution in [0.1, 0.15) is 5.76 Å². The molecule has 0 saturated heterocycles. The number of aromatic nitrogens is 1. The molecule has 8 heteroatoms. The van der Waals surface area contributed by atoms with Gasteiger partial charge in [0, 0.05) is 6.07 Å². The van der Waals surface area contributed by atoms with Crippen LogP contribution in [-0.2, 0) is 11.3 Å². The van der Waals surface area contributed by atoms with Crippen molar-refractivity contribution in [2.75, 3.05) is 6.61 Å². The number of hydrogen-bond acceptors (Lipinski definition) is 4. The lowest BCUT2D eigenvalue weighted by atomic mass is 10.5. The normalized spacial score (nSPS) is 11.1. The van der Waals surface area contributed by atoms with Crippen molar-refractivity contribution in [3.63, 3.8) is 0 Å². The SMILES string of the molecule is O=C(NCc1ccno1)OCC(F)(F)F. The Balaban J connectivity index is 2.20. The number of rotatable bonds is 3. The second-order valence-corrected chi connectivity index (χ2v) is 2.52. The molecule has 0 radical (unpaired) electrons. The zero-order valence-corrected chi connectivity index (χ0v) is 7.37. The highest BCUT2D eigenvalue weighted by Crippen LogP contribution is 2.14. The molecular weight excluding hydrogens is 217 g/mol. The zero-order valence-electron chi connectivity index (χ0n) is 7.37. The third-order valence-electron chi connectivity index (χ3n) is 1.27. The Bertz CT molecular complexity index is 310. The quantitative estimate of drug-likeness (QED) is 0.844. The molecule has 5 nitrogen and oxygen atoms in total. The van der Waals surface area contributed by atoms with Crippen molar-refractivity contribution in [2.45, 2.75) is 12.7 Å². The summed E-state index contributed by atoms with van der Waals surface area (Å²) < 4.78 is 43.2. The number of carbonyl (C=O) groups is 1. The number of alkyl carbamates (subject to hydrolysis) is 1. The van der Waals surface area contributed by atoms with E-state index in [-0.39, 0.29) is 6.54 Å². The van der Waals surface area contributed by atoms with Crippen molar-refractivity contribution in [3.8, 4) is 0 Å². The average Bonchev–Trinajstić information content (AvgIpc) is 2.62. The predicted molar refractivity (Wildman–Crippen MR) is 40.7 cm³/mol. The van der Waals surface area contributed by atoms with Crippen molar-refractivity contribution in [2.24, 2.45) is 0 Å². The Morgan fingerprint density at radius 2 is 2.33 bits per heavy atom. The lowest BCUT2D eigenvalue weighted by molar-refractivity contribution is -0.160. The predicted octanol–water partition coefficient (Wildman–Crippen LogP) is 1.46. The van der Waals surface area contributed by atoms with E-state index in [0.717, 1.165) is 0 Å². The molecule has 1 N–H and O–H groups in total. The van der Waals surface area contributed by atoms with Gasteiger partial charge in [0.05, 0.1) is 12.7 Å². The molecule has 15 heavy (non-hydrogen) atoms. The van der Waals surface area contributed by atoms with E-state index in [2.05, 4.69) is 19.7 Å². The van der Waals surface area contributed by atoms with Gasteiger partial charge in [-0.3, -0.25) is 0 Å². The van der Waals surface area contributed by atoms with Gasteiger partial charge in [0.25, 0.3) is 0 Å². The number of nitrogens with zero attached hydrogens (tertiary/aromatic N) is 1. The summed E-state index contributed by atoms with van der Waals surface area (Å²) in [6, 6.07) is 1.46. The number of amides is 1. The van der Waals surface area contributed by atoms with Crippen molar-refractivity contribution < 1.29 is 27.2 Å². The highest BCUT2D eigenvalue weighted by Gasteiger charge is 2.29. The average molecular weight is 224 g/mol. The minimum absolute atomic E-state index is 0.0727. The van der Waals surface area contributed by atoms with E-state index >= 15 is 0 Å². The fourth-order valence-electron chi connectivity index (χ4n) is 0.691. The Kier molecular flexibility index (Phi) is 3.53. The standard InChI is InChI=1S/C7H7F3N2O3/c8-7(9,10)4-14-6(13)11-3-5-1-2-12-15-5/h1-2H,3-4H2,(H,11,13). The molecule has 0 saturated carbocycles. The maximum atomic E-state index is 11.6. The monoisotopic (exact) mass is 224 g/mol. The van der Waals surface area contributed by atoms with E-state index in [1.54, 1.807) is 0 Å². The summed E-state index contributed by atoms with van der Waals surface area (Å²) in [4.78, 5) is 10.7. The van der Waals surface area contributed by atoms with Crippen LogP contribution in [0.15, 0.2) is 16.8 Å². The van der Waals surface area contributed by atoms with Gasteiger partial charge in [-0.2, -0.15) is 13.2 Å². The van der Waals surface area contributed by atoms with Crippen molar-refractivity contribution in [1.29, 1.82) is 0 Å². The molecule has 0 unspecified atom stereocenters. The van der Waals surface area contributed by atoms with Crippen molar-refractivity contribution >= 4 is 6.09 Å². The summed E-state index contributed by atoms with van der Waals surface area (Å²) in [6.07, 6.45) is -4.34. The molecule has 1 amide bonds. The molecule has 0 aliphatic heterocycles. The van der Waals surface area contributed by atoms with Crippen LogP contribution in [0, 0.1) is 0 Å². The fourth-order valence-corrected chi connectivity index (χ4v) is 0.691. The van der Waals surface area contributed by atoms with Crippen LogP contribution in [-0.4, -0.2) is 24.0 Å². The second-order valence-electron chi connectivity index (χ2n) is 2.52. The van der Waals surface area contributed by atoms with E-state index < -0.39 is 18.9 Å². The Morgan fingerprint density at radius 1 is 1.60 bits per heavy atom. The van der Waals surface area contributed by atoms with E-state index in [1.807, 2.05) is 0 Å². The summed E-state index contributed by atoms with van der Waals surface area (Å²) in [5, 5.41) is 5.40. The minimum atomic E-state index is -4.52. The van der Waals surface area contributed by atoms with Crippen LogP contribution in [0.4, 0.5) is 18.0 Å². The molecule has 0 spiro atoms. The number of alkyl halides is 3. The number of ether oxygens (including phenoxy) is 1. The first-order chi connectivity index (χ1) is 6.97. The highest BCUT2D eigenvalue weighted by molar-refractivity contribution is 5.67. The summed E-state index contributed by atoms with van der Waals surface area (Å²) >= 11 is 0. The van der Waals surface area contributed by atoms with E-state index in [0.29, 0.717) is 5.76 Å². The van der Waals surface area contributed by atoms with E-state index in [4.69, 9.17) is 0 Å². The van der Waals surface area contributed by atoms with Gasteiger partial charge in [-0.15, -0.1) is 0 Å². The molecule has 1 heterocycles. The Morgan fingerprint density at radius 3 is 2.87 bits per heavy atom. The summed E-state index contributed by atoms with van der Waals surface area (Å²) in [7, 11) is 0. The summed E-state index contributed by atoms with van der Waals surface area (Å²) in [6.45, 7) is -1.69. The lowest BCUT2D eigenvalue weighted by Gasteiger charge is -2.07. The van der Waals surface area contributed by atoms with Gasteiger partial charge in [-0.25, -0.2) is 4.79 Å². The van der Waals surface area contributed by atoms with Crippen LogP contribution in [0.3, 0.4) is 0 Å². The van der Waals surface area contributed by atoms with Gasteiger partial charge in [0.1, 0.15) is 0 Å². The first-order valence-electron chi connectivity index (χ1n) is 3.84. The topological polar surface area (TPSA) is 64.4 Å². The van der Waals surface area contributed by atoms with Crippen LogP contribution in [0.25, 0.3) is 0 Å². The molecule has 1 rings (SSSR count). The van der Waals surface area contributed by atoms with E-state index in [9.17, 15) is 18.0 Å². The van der Waals surface area contributed by atoms with Crippen LogP contribution in [0.2, 0.25) is 0 Å². The Hall–Kier alpha value is -1.73. The second kappa shape index (κ2) is 4.67. The minimum Gasteiger partial charge on any atom is -0.440 e. The van der Waals surface area contributed by atoms with Crippen molar-refractivity contribution in [1.82, 2.24) is 10.5 Å². The maximum absolute atomic E-state index is 11.6. The maximum Gasteiger partial charge on any atom is 0.422 e. The number of nitrogens with one attached hydrogen (secondary N) is 1. The zero-order chi connectivity index (χ0) is 11.3. The number of halogens is 3. The van der Waals surface area contributed by atoms with Gasteiger partial charge in [-0.1, -0.05) is 5.16 Å². The largest absolute Gasteiger partial charge is 0.440 e.